The predicted octanol–water partition coefficient (Wildman–Crippen LogP) is 3.15. The molecule has 19 heavy (non-hydrogen) atoms. The van der Waals surface area contributed by atoms with Gasteiger partial charge < -0.3 is 10.3 Å². The molecule has 1 fully saturated rings. The molecule has 1 aliphatic carbocycles. The first-order chi connectivity index (χ1) is 9.33. The number of hydrogen-bond donors (Lipinski definition) is 1. The summed E-state index contributed by atoms with van der Waals surface area (Å²) in [4.78, 5) is 0. The van der Waals surface area contributed by atoms with Crippen LogP contribution >= 0.6 is 0 Å². The van der Waals surface area contributed by atoms with E-state index in [2.05, 4.69) is 21.7 Å². The third kappa shape index (κ3) is 4.03. The molecule has 2 rings (SSSR count). The highest BCUT2D eigenvalue weighted by Gasteiger charge is 2.20. The van der Waals surface area contributed by atoms with Crippen molar-refractivity contribution in [3.8, 4) is 0 Å². The number of nitrogens with zero attached hydrogens (tertiary/aromatic N) is 3. The molecule has 0 bridgehead atoms. The lowest BCUT2D eigenvalue weighted by molar-refractivity contribution is 0.339. The van der Waals surface area contributed by atoms with E-state index in [0.717, 1.165) is 25.2 Å². The van der Waals surface area contributed by atoms with Crippen LogP contribution in [0.1, 0.15) is 75.5 Å². The van der Waals surface area contributed by atoms with Gasteiger partial charge in [-0.25, -0.2) is 0 Å². The van der Waals surface area contributed by atoms with Gasteiger partial charge in [-0.3, -0.25) is 0 Å². The average Bonchev–Trinajstić information content (AvgIpc) is 2.81. The molecule has 0 aromatic carbocycles. The highest BCUT2D eigenvalue weighted by atomic mass is 15.3. The molecule has 0 aliphatic heterocycles. The summed E-state index contributed by atoms with van der Waals surface area (Å²) in [5.74, 6) is 2.31. The Kier molecular flexibility index (Phi) is 5.83. The van der Waals surface area contributed by atoms with Gasteiger partial charge in [-0.05, 0) is 39.2 Å². The van der Waals surface area contributed by atoms with Gasteiger partial charge in [0.15, 0.2) is 0 Å². The zero-order valence-electron chi connectivity index (χ0n) is 12.3. The summed E-state index contributed by atoms with van der Waals surface area (Å²) < 4.78 is 2.42. The molecular formula is C15H28N4. The quantitative estimate of drug-likeness (QED) is 0.770. The van der Waals surface area contributed by atoms with E-state index in [1.54, 1.807) is 0 Å². The smallest absolute Gasteiger partial charge is 0.133 e. The molecule has 1 aliphatic rings. The van der Waals surface area contributed by atoms with Crippen LogP contribution in [0, 0.1) is 6.92 Å². The Labute approximate surface area is 116 Å². The summed E-state index contributed by atoms with van der Waals surface area (Å²) in [6.07, 6.45) is 12.7. The summed E-state index contributed by atoms with van der Waals surface area (Å²) in [6.45, 7) is 2.91. The molecule has 0 radical (unpaired) electrons. The standard InChI is InChI=1S/C15H28N4/c1-13-17-18-15(11-7-2-3-8-12-16)19(13)14-9-5-4-6-10-14/h14H,2-12,16H2,1H3. The van der Waals surface area contributed by atoms with Gasteiger partial charge in [0.05, 0.1) is 0 Å². The second-order valence-corrected chi connectivity index (χ2v) is 5.78. The first kappa shape index (κ1) is 14.5. The van der Waals surface area contributed by atoms with Crippen molar-refractivity contribution in [1.82, 2.24) is 14.8 Å². The summed E-state index contributed by atoms with van der Waals surface area (Å²) in [6, 6.07) is 0.655. The number of aromatic nitrogens is 3. The van der Waals surface area contributed by atoms with Crippen molar-refractivity contribution in [3.63, 3.8) is 0 Å². The van der Waals surface area contributed by atoms with Crippen molar-refractivity contribution in [2.45, 2.75) is 77.2 Å². The Morgan fingerprint density at radius 3 is 2.53 bits per heavy atom. The van der Waals surface area contributed by atoms with Crippen LogP contribution in [0.3, 0.4) is 0 Å². The summed E-state index contributed by atoms with van der Waals surface area (Å²) in [7, 11) is 0. The summed E-state index contributed by atoms with van der Waals surface area (Å²) >= 11 is 0. The van der Waals surface area contributed by atoms with Gasteiger partial charge in [-0.15, -0.1) is 10.2 Å². The number of aryl methyl sites for hydroxylation is 2. The zero-order valence-corrected chi connectivity index (χ0v) is 12.3. The van der Waals surface area contributed by atoms with Crippen LogP contribution in [0.4, 0.5) is 0 Å². The maximum Gasteiger partial charge on any atom is 0.133 e. The predicted molar refractivity (Wildman–Crippen MR) is 78.1 cm³/mol. The van der Waals surface area contributed by atoms with Crippen molar-refractivity contribution in [3.05, 3.63) is 11.6 Å². The van der Waals surface area contributed by atoms with E-state index in [9.17, 15) is 0 Å². The van der Waals surface area contributed by atoms with Gasteiger partial charge in [0.1, 0.15) is 11.6 Å². The molecule has 0 atom stereocenters. The Bertz CT molecular complexity index is 366. The highest BCUT2D eigenvalue weighted by Crippen LogP contribution is 2.30. The van der Waals surface area contributed by atoms with Crippen LogP contribution < -0.4 is 5.73 Å². The van der Waals surface area contributed by atoms with E-state index in [1.807, 2.05) is 0 Å². The first-order valence-corrected chi connectivity index (χ1v) is 7.93. The van der Waals surface area contributed by atoms with Crippen molar-refractivity contribution in [2.24, 2.45) is 5.73 Å². The van der Waals surface area contributed by atoms with E-state index < -0.39 is 0 Å². The second-order valence-electron chi connectivity index (χ2n) is 5.78. The SMILES string of the molecule is Cc1nnc(CCCCCCN)n1C1CCCCC1. The third-order valence-electron chi connectivity index (χ3n) is 4.23. The maximum atomic E-state index is 5.52. The number of hydrogen-bond acceptors (Lipinski definition) is 3. The van der Waals surface area contributed by atoms with Crippen molar-refractivity contribution < 1.29 is 0 Å². The van der Waals surface area contributed by atoms with Gasteiger partial charge in [-0.1, -0.05) is 32.1 Å². The normalized spacial score (nSPS) is 16.9. The molecule has 0 unspecified atom stereocenters. The molecule has 108 valence electrons. The fraction of sp³-hybridized carbons (Fsp3) is 0.867. The van der Waals surface area contributed by atoms with E-state index in [0.29, 0.717) is 6.04 Å². The molecule has 1 aromatic heterocycles. The fourth-order valence-corrected chi connectivity index (χ4v) is 3.18. The molecule has 1 aromatic rings. The van der Waals surface area contributed by atoms with E-state index in [4.69, 9.17) is 5.73 Å². The molecule has 1 saturated carbocycles. The second kappa shape index (κ2) is 7.63. The van der Waals surface area contributed by atoms with Crippen LogP contribution in [0.5, 0.6) is 0 Å². The van der Waals surface area contributed by atoms with E-state index in [-0.39, 0.29) is 0 Å². The monoisotopic (exact) mass is 264 g/mol. The minimum absolute atomic E-state index is 0.655. The van der Waals surface area contributed by atoms with Gasteiger partial charge in [0.25, 0.3) is 0 Å². The fourth-order valence-electron chi connectivity index (χ4n) is 3.18. The molecule has 4 nitrogen and oxygen atoms in total. The Morgan fingerprint density at radius 2 is 1.79 bits per heavy atom. The topological polar surface area (TPSA) is 56.7 Å². The zero-order chi connectivity index (χ0) is 13.5. The molecule has 2 N–H and O–H groups in total. The van der Waals surface area contributed by atoms with Crippen LogP contribution in [-0.2, 0) is 6.42 Å². The highest BCUT2D eigenvalue weighted by molar-refractivity contribution is 4.98. The van der Waals surface area contributed by atoms with Crippen LogP contribution in [-0.4, -0.2) is 21.3 Å². The van der Waals surface area contributed by atoms with Crippen molar-refractivity contribution >= 4 is 0 Å². The lowest BCUT2D eigenvalue weighted by Gasteiger charge is -2.25. The largest absolute Gasteiger partial charge is 0.330 e. The lowest BCUT2D eigenvalue weighted by Crippen LogP contribution is -2.17. The average molecular weight is 264 g/mol. The van der Waals surface area contributed by atoms with Crippen LogP contribution in [0.25, 0.3) is 0 Å². The van der Waals surface area contributed by atoms with Crippen molar-refractivity contribution in [1.29, 1.82) is 0 Å². The molecule has 0 amide bonds. The summed E-state index contributed by atoms with van der Waals surface area (Å²) in [5, 5.41) is 8.70. The Balaban J connectivity index is 1.89. The summed E-state index contributed by atoms with van der Waals surface area (Å²) in [5.41, 5.74) is 5.52. The minimum Gasteiger partial charge on any atom is -0.330 e. The molecule has 0 saturated heterocycles. The number of nitrogens with two attached hydrogens (primary N) is 1. The van der Waals surface area contributed by atoms with Crippen LogP contribution in [0.2, 0.25) is 0 Å². The number of unbranched alkanes of at least 4 members (excludes halogenated alkanes) is 3. The molecule has 0 spiro atoms. The lowest BCUT2D eigenvalue weighted by atomic mass is 9.95. The van der Waals surface area contributed by atoms with Crippen molar-refractivity contribution in [2.75, 3.05) is 6.54 Å². The molecular weight excluding hydrogens is 236 g/mol. The minimum atomic E-state index is 0.655. The van der Waals surface area contributed by atoms with Gasteiger partial charge >= 0.3 is 0 Å². The first-order valence-electron chi connectivity index (χ1n) is 7.93. The van der Waals surface area contributed by atoms with Gasteiger partial charge in [-0.2, -0.15) is 0 Å². The molecule has 1 heterocycles. The Hall–Kier alpha value is -0.900. The van der Waals surface area contributed by atoms with Crippen LogP contribution in [0.15, 0.2) is 0 Å². The molecule has 4 heteroatoms. The maximum absolute atomic E-state index is 5.52. The van der Waals surface area contributed by atoms with E-state index >= 15 is 0 Å². The van der Waals surface area contributed by atoms with Gasteiger partial charge in [0, 0.05) is 12.5 Å². The van der Waals surface area contributed by atoms with E-state index in [1.165, 1.54) is 57.2 Å². The Morgan fingerprint density at radius 1 is 1.05 bits per heavy atom. The van der Waals surface area contributed by atoms with Gasteiger partial charge in [0.2, 0.25) is 0 Å². The third-order valence-corrected chi connectivity index (χ3v) is 4.23. The number of rotatable bonds is 7.